The Bertz CT molecular complexity index is 1740. The van der Waals surface area contributed by atoms with Crippen molar-refractivity contribution < 1.29 is 13.9 Å². The average Bonchev–Trinajstić information content (AvgIpc) is 3.46. The lowest BCUT2D eigenvalue weighted by atomic mass is 10.00. The third kappa shape index (κ3) is 7.64. The van der Waals surface area contributed by atoms with Crippen LogP contribution >= 0.6 is 22.1 Å². The van der Waals surface area contributed by atoms with E-state index in [4.69, 9.17) is 26.3 Å². The number of nitrogens with one attached hydrogen (secondary N) is 2. The van der Waals surface area contributed by atoms with E-state index < -0.39 is 0 Å². The van der Waals surface area contributed by atoms with Gasteiger partial charge in [0.1, 0.15) is 18.2 Å². The number of nitrogens with zero attached hydrogens (tertiary/aromatic N) is 3. The third-order valence-corrected chi connectivity index (χ3v) is 10.2. The van der Waals surface area contributed by atoms with Crippen LogP contribution in [0.5, 0.6) is 5.75 Å². The van der Waals surface area contributed by atoms with Crippen molar-refractivity contribution in [1.82, 2.24) is 20.2 Å². The van der Waals surface area contributed by atoms with Crippen LogP contribution in [0, 0.1) is 11.7 Å². The van der Waals surface area contributed by atoms with Gasteiger partial charge in [-0.1, -0.05) is 59.4 Å². The van der Waals surface area contributed by atoms with E-state index in [0.29, 0.717) is 58.7 Å². The molecule has 7 nitrogen and oxygen atoms in total. The van der Waals surface area contributed by atoms with Crippen molar-refractivity contribution in [2.24, 2.45) is 10.9 Å². The summed E-state index contributed by atoms with van der Waals surface area (Å²) in [5, 5.41) is 10.3. The second-order valence-electron chi connectivity index (χ2n) is 11.1. The Hall–Kier alpha value is -3.79. The van der Waals surface area contributed by atoms with Crippen molar-refractivity contribution in [3.8, 4) is 5.75 Å². The third-order valence-electron chi connectivity index (χ3n) is 7.75. The van der Waals surface area contributed by atoms with Crippen LogP contribution in [0.15, 0.2) is 89.1 Å². The van der Waals surface area contributed by atoms with Gasteiger partial charge in [-0.25, -0.2) is 14.4 Å². The first-order valence-electron chi connectivity index (χ1n) is 14.9. The van der Waals surface area contributed by atoms with Crippen molar-refractivity contribution in [3.05, 3.63) is 112 Å². The van der Waals surface area contributed by atoms with Gasteiger partial charge in [-0.15, -0.1) is 10.5 Å². The van der Waals surface area contributed by atoms with E-state index in [1.165, 1.54) is 12.1 Å². The number of ether oxygens (including phenoxy) is 1. The summed E-state index contributed by atoms with van der Waals surface area (Å²) in [4.78, 5) is 22.7. The zero-order valence-electron chi connectivity index (χ0n) is 24.3. The van der Waals surface area contributed by atoms with Gasteiger partial charge in [0, 0.05) is 25.1 Å². The number of amides is 1. The highest BCUT2D eigenvalue weighted by Crippen LogP contribution is 2.34. The quantitative estimate of drug-likeness (QED) is 0.175. The highest BCUT2D eigenvalue weighted by molar-refractivity contribution is 8.15. The van der Waals surface area contributed by atoms with Crippen molar-refractivity contribution in [3.63, 3.8) is 0 Å². The number of carbonyl (C=O) groups is 1. The number of piperidine rings is 1. The van der Waals surface area contributed by atoms with Crippen molar-refractivity contribution in [2.75, 3.05) is 25.4 Å². The van der Waals surface area contributed by atoms with Crippen LogP contribution in [0.25, 0.3) is 0 Å². The fourth-order valence-electron chi connectivity index (χ4n) is 5.53. The van der Waals surface area contributed by atoms with Crippen LogP contribution in [0.1, 0.15) is 29.5 Å². The second kappa shape index (κ2) is 14.3. The normalized spacial score (nSPS) is 18.0. The molecular weight excluding hydrogens is 597 g/mol. The Morgan fingerprint density at radius 3 is 2.80 bits per heavy atom. The van der Waals surface area contributed by atoms with Gasteiger partial charge in [0.05, 0.1) is 27.8 Å². The number of hydrogen-bond acceptors (Lipinski definition) is 5. The van der Waals surface area contributed by atoms with E-state index in [0.717, 1.165) is 42.1 Å². The molecule has 10 heteroatoms. The van der Waals surface area contributed by atoms with Gasteiger partial charge in [-0.05, 0) is 73.3 Å². The second-order valence-corrected chi connectivity index (χ2v) is 13.3. The van der Waals surface area contributed by atoms with Gasteiger partial charge >= 0.3 is 0 Å². The van der Waals surface area contributed by atoms with E-state index in [1.54, 1.807) is 24.3 Å². The molecule has 2 aliphatic rings. The number of halogens is 2. The van der Waals surface area contributed by atoms with Crippen molar-refractivity contribution in [2.45, 2.75) is 37.4 Å². The Balaban J connectivity index is 1.23. The smallest absolute Gasteiger partial charge is 0.229 e. The summed E-state index contributed by atoms with van der Waals surface area (Å²) in [5.41, 5.74) is 4.17. The number of aromatic nitrogens is 2. The molecule has 4 aromatic rings. The monoisotopic (exact) mass is 631 g/mol. The lowest BCUT2D eigenvalue weighted by molar-refractivity contribution is -0.118. The first kappa shape index (κ1) is 30.2. The molecule has 3 aromatic carbocycles. The predicted octanol–water partition coefficient (Wildman–Crippen LogP) is 5.64. The summed E-state index contributed by atoms with van der Waals surface area (Å²) < 4.78 is 21.5. The Kier molecular flexibility index (Phi) is 9.85. The van der Waals surface area contributed by atoms with E-state index in [-0.39, 0.29) is 28.8 Å². The molecule has 2 atom stereocenters. The lowest BCUT2D eigenvalue weighted by Crippen LogP contribution is -2.38. The van der Waals surface area contributed by atoms with Crippen LogP contribution in [0.4, 0.5) is 10.1 Å². The molecule has 1 aromatic heterocycles. The van der Waals surface area contributed by atoms with E-state index >= 15 is 0 Å². The standard InChI is InChI=1S/C34H35ClFN5O2S/c35-30-17-28(11-12-31(30)43-21-25-8-4-10-27(36)16-25)40-33-29-13-15-44(22-32(42)38-19-26-9-5-14-37-18-26)34(29)41(23-39-33)20-24-6-2-1-3-7-24/h1-4,6-8,10-12,15-17,23,26,37H,5,9,13-14,18-22H2,(H,38,42). The molecule has 1 amide bonds. The Morgan fingerprint density at radius 1 is 1.14 bits per heavy atom. The maximum atomic E-state index is 13.5. The molecule has 228 valence electrons. The summed E-state index contributed by atoms with van der Waals surface area (Å²) in [6, 6.07) is 21.9. The van der Waals surface area contributed by atoms with Gasteiger partial charge in [0.15, 0.2) is 5.49 Å². The molecule has 3 heterocycles. The molecule has 1 fully saturated rings. The van der Waals surface area contributed by atoms with Gasteiger partial charge in [0.2, 0.25) is 5.91 Å². The van der Waals surface area contributed by atoms with Crippen LogP contribution in [0.3, 0.4) is 0 Å². The molecule has 0 saturated carbocycles. The summed E-state index contributed by atoms with van der Waals surface area (Å²) in [6.07, 6.45) is 4.81. The maximum absolute atomic E-state index is 13.5. The fourth-order valence-corrected chi connectivity index (χ4v) is 7.82. The number of benzene rings is 3. The first-order valence-corrected chi connectivity index (χ1v) is 16.7. The minimum Gasteiger partial charge on any atom is -0.487 e. The molecule has 2 unspecified atom stereocenters. The Labute approximate surface area is 264 Å². The molecule has 2 N–H and O–H groups in total. The van der Waals surface area contributed by atoms with Crippen LogP contribution in [-0.2, 0) is 24.4 Å². The predicted molar refractivity (Wildman–Crippen MR) is 174 cm³/mol. The highest BCUT2D eigenvalue weighted by Gasteiger charge is 2.22. The average molecular weight is 632 g/mol. The van der Waals surface area contributed by atoms with Crippen molar-refractivity contribution in [1.29, 1.82) is 0 Å². The van der Waals surface area contributed by atoms with E-state index in [1.807, 2.05) is 30.6 Å². The van der Waals surface area contributed by atoms with Crippen LogP contribution in [0.2, 0.25) is 5.02 Å². The first-order chi connectivity index (χ1) is 21.5. The van der Waals surface area contributed by atoms with Gasteiger partial charge in [-0.2, -0.15) is 0 Å². The summed E-state index contributed by atoms with van der Waals surface area (Å²) in [6.45, 7) is 3.58. The zero-order valence-corrected chi connectivity index (χ0v) is 25.9. The topological polar surface area (TPSA) is 80.5 Å². The molecule has 2 aliphatic heterocycles. The SMILES string of the molecule is O=C(CS1=CCc2c1n(Cc1ccccc1)cnc2=Nc1ccc(OCc2cccc(F)c2)c(Cl)c1)NCC1CCCNC1. The fraction of sp³-hybridized carbons (Fsp3) is 0.294. The number of hydrogen-bond donors (Lipinski definition) is 2. The van der Waals surface area contributed by atoms with E-state index in [9.17, 15) is 9.18 Å². The Morgan fingerprint density at radius 2 is 2.00 bits per heavy atom. The molecule has 6 rings (SSSR count). The molecule has 44 heavy (non-hydrogen) atoms. The maximum Gasteiger partial charge on any atom is 0.229 e. The van der Waals surface area contributed by atoms with Crippen LogP contribution in [-0.4, -0.2) is 46.2 Å². The largest absolute Gasteiger partial charge is 0.487 e. The number of rotatable bonds is 10. The minimum atomic E-state index is -0.385. The van der Waals surface area contributed by atoms with Crippen LogP contribution < -0.4 is 20.9 Å². The lowest BCUT2D eigenvalue weighted by Gasteiger charge is -2.23. The summed E-state index contributed by atoms with van der Waals surface area (Å²) in [5.74, 6) is 1.15. The summed E-state index contributed by atoms with van der Waals surface area (Å²) in [7, 11) is -0.385. The molecule has 0 aliphatic carbocycles. The highest BCUT2D eigenvalue weighted by atomic mass is 35.5. The minimum absolute atomic E-state index is 0.0742. The van der Waals surface area contributed by atoms with Gasteiger partial charge < -0.3 is 19.9 Å². The zero-order chi connectivity index (χ0) is 30.3. The van der Waals surface area contributed by atoms with E-state index in [2.05, 4.69) is 32.7 Å². The molecular formula is C34H35ClFN5O2S. The van der Waals surface area contributed by atoms with Gasteiger partial charge in [-0.3, -0.25) is 4.79 Å². The molecule has 0 spiro atoms. The number of fused-ring (bicyclic) bond motifs is 1. The summed E-state index contributed by atoms with van der Waals surface area (Å²) >= 11 is 6.56. The molecule has 0 bridgehead atoms. The van der Waals surface area contributed by atoms with Gasteiger partial charge in [0.25, 0.3) is 0 Å². The molecule has 0 radical (unpaired) electrons. The molecule has 1 saturated heterocycles. The number of carbonyl (C=O) groups excluding carboxylic acids is 1. The van der Waals surface area contributed by atoms with Crippen molar-refractivity contribution >= 4 is 39.0 Å².